The molecule has 2 rings (SSSR count). The average molecular weight is 279 g/mol. The molecule has 0 unspecified atom stereocenters. The van der Waals surface area contributed by atoms with Crippen LogP contribution in [0.15, 0.2) is 36.4 Å². The van der Waals surface area contributed by atoms with Gasteiger partial charge in [-0.05, 0) is 36.8 Å². The van der Waals surface area contributed by atoms with Crippen molar-refractivity contribution in [1.29, 1.82) is 0 Å². The van der Waals surface area contributed by atoms with Gasteiger partial charge in [-0.3, -0.25) is 0 Å². The predicted octanol–water partition coefficient (Wildman–Crippen LogP) is 3.68. The van der Waals surface area contributed by atoms with Gasteiger partial charge < -0.3 is 15.2 Å². The molecule has 106 valence electrons. The Balaban J connectivity index is 2.03. The van der Waals surface area contributed by atoms with E-state index < -0.39 is 11.6 Å². The molecule has 20 heavy (non-hydrogen) atoms. The minimum absolute atomic E-state index is 0.203. The molecule has 0 aliphatic rings. The number of nitrogens with one attached hydrogen (secondary N) is 1. The highest BCUT2D eigenvalue weighted by Crippen LogP contribution is 2.22. The minimum atomic E-state index is -0.679. The van der Waals surface area contributed by atoms with Gasteiger partial charge in [-0.15, -0.1) is 0 Å². The zero-order chi connectivity index (χ0) is 14.5. The fourth-order valence-corrected chi connectivity index (χ4v) is 1.75. The molecule has 2 aromatic rings. The van der Waals surface area contributed by atoms with Crippen LogP contribution < -0.4 is 10.1 Å². The fraction of sp³-hybridized carbons (Fsp3) is 0.200. The molecule has 2 aromatic carbocycles. The third-order valence-electron chi connectivity index (χ3n) is 2.74. The fourth-order valence-electron chi connectivity index (χ4n) is 1.75. The lowest BCUT2D eigenvalue weighted by molar-refractivity contribution is 0.321. The summed E-state index contributed by atoms with van der Waals surface area (Å²) >= 11 is 0. The molecule has 0 aliphatic carbocycles. The topological polar surface area (TPSA) is 41.5 Å². The minimum Gasteiger partial charge on any atom is -0.505 e. The van der Waals surface area contributed by atoms with Gasteiger partial charge in [-0.25, -0.2) is 8.78 Å². The molecule has 0 amide bonds. The Hall–Kier alpha value is -2.30. The van der Waals surface area contributed by atoms with E-state index in [1.807, 2.05) is 0 Å². The second-order valence-electron chi connectivity index (χ2n) is 4.22. The van der Waals surface area contributed by atoms with E-state index >= 15 is 0 Å². The van der Waals surface area contributed by atoms with Gasteiger partial charge in [-0.1, -0.05) is 6.07 Å². The van der Waals surface area contributed by atoms with Gasteiger partial charge in [0, 0.05) is 18.3 Å². The van der Waals surface area contributed by atoms with Crippen molar-refractivity contribution in [3.8, 4) is 11.5 Å². The Morgan fingerprint density at radius 2 is 1.90 bits per heavy atom. The van der Waals surface area contributed by atoms with Gasteiger partial charge in [0.1, 0.15) is 0 Å². The van der Waals surface area contributed by atoms with Crippen LogP contribution in [-0.4, -0.2) is 11.7 Å². The van der Waals surface area contributed by atoms with Crippen LogP contribution in [0.2, 0.25) is 0 Å². The summed E-state index contributed by atoms with van der Waals surface area (Å²) in [4.78, 5) is 0. The Morgan fingerprint density at radius 1 is 1.10 bits per heavy atom. The number of hydrogen-bond donors (Lipinski definition) is 2. The van der Waals surface area contributed by atoms with Gasteiger partial charge in [0.25, 0.3) is 0 Å². The lowest BCUT2D eigenvalue weighted by Gasteiger charge is -2.09. The van der Waals surface area contributed by atoms with Crippen molar-refractivity contribution in [3.63, 3.8) is 0 Å². The first-order valence-corrected chi connectivity index (χ1v) is 6.23. The quantitative estimate of drug-likeness (QED) is 0.877. The van der Waals surface area contributed by atoms with Gasteiger partial charge in [0.15, 0.2) is 23.1 Å². The molecule has 0 aliphatic heterocycles. The molecule has 0 radical (unpaired) electrons. The first-order valence-electron chi connectivity index (χ1n) is 6.23. The molecule has 0 atom stereocenters. The second-order valence-corrected chi connectivity index (χ2v) is 4.22. The highest BCUT2D eigenvalue weighted by molar-refractivity contribution is 5.47. The zero-order valence-corrected chi connectivity index (χ0v) is 11.0. The average Bonchev–Trinajstić information content (AvgIpc) is 2.43. The van der Waals surface area contributed by atoms with Crippen LogP contribution in [0.4, 0.5) is 14.5 Å². The molecule has 0 heterocycles. The first-order chi connectivity index (χ1) is 9.60. The summed E-state index contributed by atoms with van der Waals surface area (Å²) in [6, 6.07) is 8.65. The van der Waals surface area contributed by atoms with Gasteiger partial charge in [0.2, 0.25) is 0 Å². The second kappa shape index (κ2) is 6.23. The lowest BCUT2D eigenvalue weighted by atomic mass is 10.2. The molecule has 0 fully saturated rings. The summed E-state index contributed by atoms with van der Waals surface area (Å²) in [5.74, 6) is -1.31. The van der Waals surface area contributed by atoms with E-state index in [0.29, 0.717) is 24.4 Å². The van der Waals surface area contributed by atoms with Crippen molar-refractivity contribution in [2.24, 2.45) is 0 Å². The number of aromatic hydroxyl groups is 1. The molecular weight excluding hydrogens is 264 g/mol. The van der Waals surface area contributed by atoms with Crippen molar-refractivity contribution in [1.82, 2.24) is 0 Å². The molecular formula is C15H15F2NO2. The number of phenolic OH excluding ortho intramolecular Hbond substituents is 1. The van der Waals surface area contributed by atoms with E-state index in [9.17, 15) is 8.78 Å². The van der Waals surface area contributed by atoms with Crippen molar-refractivity contribution < 1.29 is 18.6 Å². The maximum absolute atomic E-state index is 13.6. The van der Waals surface area contributed by atoms with Crippen LogP contribution in [0.5, 0.6) is 11.5 Å². The molecule has 2 N–H and O–H groups in total. The van der Waals surface area contributed by atoms with E-state index in [-0.39, 0.29) is 11.5 Å². The van der Waals surface area contributed by atoms with E-state index in [4.69, 9.17) is 9.84 Å². The third kappa shape index (κ3) is 3.38. The monoisotopic (exact) mass is 279 g/mol. The van der Waals surface area contributed by atoms with Crippen LogP contribution in [0, 0.1) is 11.6 Å². The van der Waals surface area contributed by atoms with E-state index in [1.54, 1.807) is 25.1 Å². The largest absolute Gasteiger partial charge is 0.505 e. The SMILES string of the molecule is CCOc1ccc(NCc2ccc(O)c(F)c2)cc1F. The molecule has 0 bridgehead atoms. The summed E-state index contributed by atoms with van der Waals surface area (Å²) in [5, 5.41) is 12.1. The molecule has 3 nitrogen and oxygen atoms in total. The summed E-state index contributed by atoms with van der Waals surface area (Å²) in [6.45, 7) is 2.51. The number of halogens is 2. The molecule has 0 saturated carbocycles. The lowest BCUT2D eigenvalue weighted by Crippen LogP contribution is -2.01. The van der Waals surface area contributed by atoms with Crippen molar-refractivity contribution >= 4 is 5.69 Å². The van der Waals surface area contributed by atoms with Crippen molar-refractivity contribution in [2.75, 3.05) is 11.9 Å². The summed E-state index contributed by atoms with van der Waals surface area (Å²) < 4.78 is 31.9. The summed E-state index contributed by atoms with van der Waals surface area (Å²) in [7, 11) is 0. The van der Waals surface area contributed by atoms with E-state index in [1.165, 1.54) is 18.2 Å². The zero-order valence-electron chi connectivity index (χ0n) is 11.0. The normalized spacial score (nSPS) is 10.3. The smallest absolute Gasteiger partial charge is 0.167 e. The van der Waals surface area contributed by atoms with Crippen molar-refractivity contribution in [2.45, 2.75) is 13.5 Å². The number of benzene rings is 2. The molecule has 0 saturated heterocycles. The molecule has 0 spiro atoms. The van der Waals surface area contributed by atoms with Crippen molar-refractivity contribution in [3.05, 3.63) is 53.6 Å². The highest BCUT2D eigenvalue weighted by Gasteiger charge is 2.05. The Bertz CT molecular complexity index is 602. The standard InChI is InChI=1S/C15H15F2NO2/c1-2-20-15-6-4-11(8-13(15)17)18-9-10-3-5-14(19)12(16)7-10/h3-8,18-19H,2,9H2,1H3. The van der Waals surface area contributed by atoms with E-state index in [0.717, 1.165) is 0 Å². The number of rotatable bonds is 5. The van der Waals surface area contributed by atoms with Crippen LogP contribution in [-0.2, 0) is 6.54 Å². The Morgan fingerprint density at radius 3 is 2.55 bits per heavy atom. The van der Waals surface area contributed by atoms with Crippen LogP contribution >= 0.6 is 0 Å². The first kappa shape index (κ1) is 14.1. The predicted molar refractivity (Wildman–Crippen MR) is 73.0 cm³/mol. The molecule has 0 aromatic heterocycles. The Kier molecular flexibility index (Phi) is 4.40. The number of ether oxygens (including phenoxy) is 1. The number of anilines is 1. The number of hydrogen-bond acceptors (Lipinski definition) is 3. The number of phenols is 1. The van der Waals surface area contributed by atoms with E-state index in [2.05, 4.69) is 5.32 Å². The van der Waals surface area contributed by atoms with Crippen LogP contribution in [0.25, 0.3) is 0 Å². The maximum atomic E-state index is 13.6. The van der Waals surface area contributed by atoms with Crippen LogP contribution in [0.1, 0.15) is 12.5 Å². The molecule has 5 heteroatoms. The Labute approximate surface area is 115 Å². The maximum Gasteiger partial charge on any atom is 0.167 e. The summed E-state index contributed by atoms with van der Waals surface area (Å²) in [5.41, 5.74) is 1.22. The van der Waals surface area contributed by atoms with Crippen LogP contribution in [0.3, 0.4) is 0 Å². The van der Waals surface area contributed by atoms with Gasteiger partial charge in [-0.2, -0.15) is 0 Å². The third-order valence-corrected chi connectivity index (χ3v) is 2.74. The van der Waals surface area contributed by atoms with Gasteiger partial charge >= 0.3 is 0 Å². The highest BCUT2D eigenvalue weighted by atomic mass is 19.1. The van der Waals surface area contributed by atoms with Gasteiger partial charge in [0.05, 0.1) is 6.61 Å². The summed E-state index contributed by atoms with van der Waals surface area (Å²) in [6.07, 6.45) is 0.